The lowest BCUT2D eigenvalue weighted by atomic mass is 9.45. The number of aromatic nitrogens is 2. The smallest absolute Gasteiger partial charge is 0.285 e. The lowest BCUT2D eigenvalue weighted by molar-refractivity contribution is -0.105. The van der Waals surface area contributed by atoms with E-state index in [1.54, 1.807) is 6.20 Å². The zero-order valence-corrected chi connectivity index (χ0v) is 16.9. The molecule has 5 rings (SSSR count). The first-order chi connectivity index (χ1) is 11.9. The molecular formula is C19H28BrN3O2. The molecule has 2 heterocycles. The van der Waals surface area contributed by atoms with E-state index in [4.69, 9.17) is 4.74 Å². The van der Waals surface area contributed by atoms with E-state index in [1.807, 2.05) is 0 Å². The minimum atomic E-state index is -0.228. The maximum Gasteiger partial charge on any atom is 0.285 e. The topological polar surface area (TPSA) is 56.1 Å². The average Bonchev–Trinajstić information content (AvgIpc) is 2.61. The monoisotopic (exact) mass is 409 g/mol. The Bertz CT molecular complexity index is 711. The Morgan fingerprint density at radius 1 is 1.36 bits per heavy atom. The van der Waals surface area contributed by atoms with Gasteiger partial charge in [-0.15, -0.1) is 0 Å². The zero-order valence-electron chi connectivity index (χ0n) is 15.3. The van der Waals surface area contributed by atoms with Crippen molar-refractivity contribution in [1.29, 1.82) is 0 Å². The number of anilines is 1. The van der Waals surface area contributed by atoms with Crippen LogP contribution >= 0.6 is 15.9 Å². The highest BCUT2D eigenvalue weighted by molar-refractivity contribution is 9.10. The van der Waals surface area contributed by atoms with Crippen molar-refractivity contribution in [2.75, 3.05) is 11.9 Å². The van der Waals surface area contributed by atoms with Crippen molar-refractivity contribution in [3.05, 3.63) is 21.0 Å². The van der Waals surface area contributed by atoms with Crippen molar-refractivity contribution in [1.82, 2.24) is 9.78 Å². The third-order valence-electron chi connectivity index (χ3n) is 7.07. The van der Waals surface area contributed by atoms with Gasteiger partial charge in [0.15, 0.2) is 6.23 Å². The lowest BCUT2D eigenvalue weighted by Crippen LogP contribution is -2.58. The molecule has 1 N–H and O–H groups in total. The van der Waals surface area contributed by atoms with Crippen LogP contribution in [-0.2, 0) is 4.74 Å². The number of hydrogen-bond donors (Lipinski definition) is 1. The summed E-state index contributed by atoms with van der Waals surface area (Å²) < 4.78 is 7.77. The minimum Gasteiger partial charge on any atom is -0.380 e. The number of halogens is 1. The minimum absolute atomic E-state index is 0.106. The fourth-order valence-electron chi connectivity index (χ4n) is 5.21. The molecule has 4 aliphatic rings. The number of nitrogens with zero attached hydrogens (tertiary/aromatic N) is 2. The number of rotatable bonds is 3. The molecule has 1 aromatic heterocycles. The van der Waals surface area contributed by atoms with Gasteiger partial charge in [0, 0.05) is 12.6 Å². The molecule has 0 radical (unpaired) electrons. The molecule has 4 fully saturated rings. The van der Waals surface area contributed by atoms with Crippen molar-refractivity contribution < 1.29 is 4.74 Å². The molecule has 1 saturated heterocycles. The second-order valence-electron chi connectivity index (χ2n) is 8.65. The van der Waals surface area contributed by atoms with E-state index >= 15 is 0 Å². The van der Waals surface area contributed by atoms with Gasteiger partial charge in [-0.2, -0.15) is 9.78 Å². The van der Waals surface area contributed by atoms with Crippen LogP contribution in [0.15, 0.2) is 15.5 Å². The van der Waals surface area contributed by atoms with Gasteiger partial charge in [-0.05, 0) is 71.2 Å². The van der Waals surface area contributed by atoms with E-state index in [2.05, 4.69) is 47.1 Å². The number of fused-ring (bicyclic) bond motifs is 2. The van der Waals surface area contributed by atoms with Crippen molar-refractivity contribution in [3.8, 4) is 0 Å². The summed E-state index contributed by atoms with van der Waals surface area (Å²) in [6.07, 6.45) is 7.07. The molecule has 3 aliphatic carbocycles. The number of ether oxygens (including phenoxy) is 1. The van der Waals surface area contributed by atoms with Crippen LogP contribution in [0.2, 0.25) is 0 Å². The largest absolute Gasteiger partial charge is 0.380 e. The van der Waals surface area contributed by atoms with Gasteiger partial charge in [0.25, 0.3) is 5.56 Å². The predicted octanol–water partition coefficient (Wildman–Crippen LogP) is 4.19. The Hall–Kier alpha value is -0.880. The first kappa shape index (κ1) is 17.5. The summed E-state index contributed by atoms with van der Waals surface area (Å²) in [6, 6.07) is 0.413. The maximum absolute atomic E-state index is 12.7. The number of hydrogen-bond acceptors (Lipinski definition) is 4. The van der Waals surface area contributed by atoms with Gasteiger partial charge < -0.3 is 10.1 Å². The highest BCUT2D eigenvalue weighted by Gasteiger charge is 2.56. The van der Waals surface area contributed by atoms with Crippen LogP contribution in [-0.4, -0.2) is 22.4 Å². The van der Waals surface area contributed by atoms with E-state index in [-0.39, 0.29) is 11.8 Å². The molecule has 0 spiro atoms. The molecule has 0 aromatic carbocycles. The Kier molecular flexibility index (Phi) is 4.47. The molecule has 5 nitrogen and oxygen atoms in total. The number of nitrogens with one attached hydrogen (secondary N) is 1. The Balaban J connectivity index is 1.52. The van der Waals surface area contributed by atoms with Crippen LogP contribution in [0.3, 0.4) is 0 Å². The normalized spacial score (nSPS) is 36.6. The summed E-state index contributed by atoms with van der Waals surface area (Å²) in [6.45, 7) is 7.86. The highest BCUT2D eigenvalue weighted by Crippen LogP contribution is 2.61. The molecule has 1 aromatic rings. The molecular weight excluding hydrogens is 382 g/mol. The maximum atomic E-state index is 12.7. The van der Waals surface area contributed by atoms with E-state index in [0.29, 0.717) is 28.5 Å². The van der Waals surface area contributed by atoms with Crippen LogP contribution < -0.4 is 10.9 Å². The molecule has 0 amide bonds. The quantitative estimate of drug-likeness (QED) is 0.812. The van der Waals surface area contributed by atoms with Gasteiger partial charge >= 0.3 is 0 Å². The van der Waals surface area contributed by atoms with E-state index in [0.717, 1.165) is 36.8 Å². The first-order valence-corrected chi connectivity index (χ1v) is 10.3. The summed E-state index contributed by atoms with van der Waals surface area (Å²) in [5.41, 5.74) is 1.17. The summed E-state index contributed by atoms with van der Waals surface area (Å²) in [4.78, 5) is 12.7. The van der Waals surface area contributed by atoms with Crippen molar-refractivity contribution in [2.24, 2.45) is 23.2 Å². The van der Waals surface area contributed by atoms with Gasteiger partial charge in [0.05, 0.1) is 11.9 Å². The van der Waals surface area contributed by atoms with Crippen molar-refractivity contribution in [3.63, 3.8) is 0 Å². The fourth-order valence-corrected chi connectivity index (χ4v) is 5.61. The lowest BCUT2D eigenvalue weighted by Gasteiger charge is -2.62. The van der Waals surface area contributed by atoms with E-state index in [1.165, 1.54) is 17.5 Å². The fraction of sp³-hybridized carbons (Fsp3) is 0.789. The van der Waals surface area contributed by atoms with Gasteiger partial charge in [-0.3, -0.25) is 4.79 Å². The average molecular weight is 410 g/mol. The first-order valence-electron chi connectivity index (χ1n) is 9.55. The Labute approximate surface area is 157 Å². The summed E-state index contributed by atoms with van der Waals surface area (Å²) in [5.74, 6) is 2.16. The van der Waals surface area contributed by atoms with Crippen molar-refractivity contribution >= 4 is 21.6 Å². The van der Waals surface area contributed by atoms with Crippen LogP contribution in [0.4, 0.5) is 5.69 Å². The molecule has 25 heavy (non-hydrogen) atoms. The van der Waals surface area contributed by atoms with Crippen molar-refractivity contribution in [2.45, 2.75) is 65.1 Å². The second kappa shape index (κ2) is 6.38. The Morgan fingerprint density at radius 2 is 2.16 bits per heavy atom. The third kappa shape index (κ3) is 2.85. The van der Waals surface area contributed by atoms with Gasteiger partial charge in [0.1, 0.15) is 4.47 Å². The molecule has 138 valence electrons. The SMILES string of the molecule is C[C@H]1C(Nc2cnn(C3CCCCO3)c(=O)c2Br)C[C@H]2C[C@@H]1C2(C)C. The van der Waals surface area contributed by atoms with Gasteiger partial charge in [0.2, 0.25) is 0 Å². The van der Waals surface area contributed by atoms with Crippen LogP contribution in [0.25, 0.3) is 0 Å². The molecule has 2 unspecified atom stereocenters. The molecule has 1 aliphatic heterocycles. The van der Waals surface area contributed by atoms with Crippen LogP contribution in [0.1, 0.15) is 59.1 Å². The molecule has 5 atom stereocenters. The summed E-state index contributed by atoms with van der Waals surface area (Å²) >= 11 is 3.50. The van der Waals surface area contributed by atoms with Gasteiger partial charge in [-0.25, -0.2) is 0 Å². The van der Waals surface area contributed by atoms with Crippen LogP contribution in [0, 0.1) is 23.2 Å². The highest BCUT2D eigenvalue weighted by atomic mass is 79.9. The van der Waals surface area contributed by atoms with E-state index < -0.39 is 0 Å². The third-order valence-corrected chi connectivity index (χ3v) is 7.83. The Morgan fingerprint density at radius 3 is 2.80 bits per heavy atom. The summed E-state index contributed by atoms with van der Waals surface area (Å²) in [7, 11) is 0. The van der Waals surface area contributed by atoms with E-state index in [9.17, 15) is 4.79 Å². The summed E-state index contributed by atoms with van der Waals surface area (Å²) in [5, 5.41) is 8.00. The second-order valence-corrected chi connectivity index (χ2v) is 9.44. The molecule has 2 bridgehead atoms. The van der Waals surface area contributed by atoms with Crippen LogP contribution in [0.5, 0.6) is 0 Å². The molecule has 3 saturated carbocycles. The predicted molar refractivity (Wildman–Crippen MR) is 102 cm³/mol. The molecule has 6 heteroatoms. The zero-order chi connectivity index (χ0) is 17.8. The standard InChI is InChI=1S/C19H28BrN3O2/c1-11-13-8-12(19(13,2)3)9-14(11)22-15-10-21-23(18(24)17(15)20)16-6-4-5-7-25-16/h10-14,16,22H,4-9H2,1-3H3/t11-,12-,13+,14?,16?/m1/s1. The van der Waals surface area contributed by atoms with Gasteiger partial charge in [-0.1, -0.05) is 20.8 Å².